The molecule has 0 aromatic rings. The zero-order valence-corrected chi connectivity index (χ0v) is 12.4. The van der Waals surface area contributed by atoms with Crippen molar-refractivity contribution in [2.45, 2.75) is 25.9 Å². The Kier molecular flexibility index (Phi) is 10.4. The van der Waals surface area contributed by atoms with Crippen LogP contribution in [0.15, 0.2) is 0 Å². The summed E-state index contributed by atoms with van der Waals surface area (Å²) in [5.74, 6) is -0.657. The molecule has 0 bridgehead atoms. The second-order valence-electron chi connectivity index (χ2n) is 3.09. The second-order valence-corrected chi connectivity index (χ2v) is 6.89. The Balaban J connectivity index is -0.00000128. The summed E-state index contributed by atoms with van der Waals surface area (Å²) in [4.78, 5) is 0. The van der Waals surface area contributed by atoms with E-state index in [0.717, 1.165) is 0 Å². The molecule has 0 aromatic carbocycles. The molecule has 0 aliphatic heterocycles. The Morgan fingerprint density at radius 1 is 1.39 bits per heavy atom. The summed E-state index contributed by atoms with van der Waals surface area (Å²) in [7, 11) is -7.85. The number of hydrogen-bond acceptors (Lipinski definition) is 6. The number of nitriles is 1. The van der Waals surface area contributed by atoms with E-state index in [1.54, 1.807) is 19.9 Å². The molecule has 0 saturated heterocycles. The largest absolute Gasteiger partial charge is 1.00 e. The zero-order valence-electron chi connectivity index (χ0n) is 11.7. The van der Waals surface area contributed by atoms with Crippen LogP contribution in [0.5, 0.6) is 0 Å². The normalized spacial score (nSPS) is 13.4. The minimum atomic E-state index is -4.20. The average molecular weight is 293 g/mol. The topological polar surface area (TPSA) is 114 Å². The van der Waals surface area contributed by atoms with E-state index in [9.17, 15) is 13.0 Å². The fourth-order valence-electron chi connectivity index (χ4n) is 1.13. The molecule has 102 valence electrons. The van der Waals surface area contributed by atoms with Gasteiger partial charge in [-0.15, -0.1) is 0 Å². The molecule has 0 amide bonds. The Bertz CT molecular complexity index is 415. The van der Waals surface area contributed by atoms with Gasteiger partial charge in [0.15, 0.2) is 0 Å². The van der Waals surface area contributed by atoms with Crippen molar-refractivity contribution < 1.29 is 46.9 Å². The van der Waals surface area contributed by atoms with Gasteiger partial charge in [0.25, 0.3) is 10.1 Å². The van der Waals surface area contributed by atoms with Crippen LogP contribution < -0.4 is 18.9 Å². The maximum absolute atomic E-state index is 12.1. The molecular weight excluding hydrogens is 276 g/mol. The SMILES string of the molecule is CCOP(=O)(OCC)C(C#N)CCS(=O)(=O)O.[H-].[Li+]. The van der Waals surface area contributed by atoms with Crippen molar-refractivity contribution in [1.29, 1.82) is 5.26 Å². The molecule has 0 saturated carbocycles. The molecule has 0 rings (SSSR count). The smallest absolute Gasteiger partial charge is 1.00 e. The third-order valence-corrected chi connectivity index (χ3v) is 4.92. The first-order valence-corrected chi connectivity index (χ1v) is 8.24. The molecule has 7 nitrogen and oxygen atoms in total. The average Bonchev–Trinajstić information content (AvgIpc) is 2.17. The van der Waals surface area contributed by atoms with E-state index in [-0.39, 0.29) is 39.9 Å². The van der Waals surface area contributed by atoms with Crippen molar-refractivity contribution in [1.82, 2.24) is 0 Å². The molecule has 0 radical (unpaired) electrons. The van der Waals surface area contributed by atoms with Gasteiger partial charge in [-0.1, -0.05) is 0 Å². The molecule has 10 heteroatoms. The maximum Gasteiger partial charge on any atom is 1.00 e. The van der Waals surface area contributed by atoms with Crippen molar-refractivity contribution in [3.05, 3.63) is 0 Å². The summed E-state index contributed by atoms with van der Waals surface area (Å²) in [6, 6.07) is 1.70. The van der Waals surface area contributed by atoms with E-state index < -0.39 is 29.1 Å². The molecule has 1 atom stereocenters. The van der Waals surface area contributed by atoms with Gasteiger partial charge < -0.3 is 10.5 Å². The van der Waals surface area contributed by atoms with E-state index in [2.05, 4.69) is 0 Å². The van der Waals surface area contributed by atoms with E-state index >= 15 is 0 Å². The fourth-order valence-corrected chi connectivity index (χ4v) is 3.58. The second kappa shape index (κ2) is 9.12. The van der Waals surface area contributed by atoms with E-state index in [4.69, 9.17) is 18.9 Å². The Morgan fingerprint density at radius 3 is 2.11 bits per heavy atom. The summed E-state index contributed by atoms with van der Waals surface area (Å²) in [6.45, 7) is 3.34. The summed E-state index contributed by atoms with van der Waals surface area (Å²) in [6.07, 6.45) is -0.299. The van der Waals surface area contributed by atoms with Crippen molar-refractivity contribution in [2.24, 2.45) is 0 Å². The van der Waals surface area contributed by atoms with Crippen LogP contribution in [0, 0.1) is 11.3 Å². The van der Waals surface area contributed by atoms with Gasteiger partial charge in [0.05, 0.1) is 25.0 Å². The molecule has 0 fully saturated rings. The molecule has 0 heterocycles. The van der Waals surface area contributed by atoms with Gasteiger partial charge in [-0.25, -0.2) is 0 Å². The van der Waals surface area contributed by atoms with Gasteiger partial charge in [0.1, 0.15) is 5.66 Å². The third-order valence-electron chi connectivity index (χ3n) is 1.80. The fraction of sp³-hybridized carbons (Fsp3) is 0.875. The summed E-state index contributed by atoms with van der Waals surface area (Å²) in [5.41, 5.74) is -1.20. The van der Waals surface area contributed by atoms with Gasteiger partial charge >= 0.3 is 26.5 Å². The van der Waals surface area contributed by atoms with Crippen LogP contribution in [0.3, 0.4) is 0 Å². The molecule has 0 aliphatic rings. The van der Waals surface area contributed by atoms with Gasteiger partial charge in [-0.3, -0.25) is 9.12 Å². The molecule has 1 N–H and O–H groups in total. The van der Waals surface area contributed by atoms with E-state index in [0.29, 0.717) is 0 Å². The van der Waals surface area contributed by atoms with Crippen LogP contribution in [-0.2, 0) is 23.7 Å². The van der Waals surface area contributed by atoms with Crippen LogP contribution in [0.2, 0.25) is 0 Å². The van der Waals surface area contributed by atoms with Crippen LogP contribution in [0.1, 0.15) is 21.7 Å². The summed E-state index contributed by atoms with van der Waals surface area (Å²) >= 11 is 0. The standard InChI is InChI=1S/C8H16NO6PS.Li.H/c1-3-14-16(10,15-4-2)8(7-9)5-6-17(11,12)13;;/h8H,3-6H2,1-2H3,(H,11,12,13);;/q;+1;-1. The predicted molar refractivity (Wildman–Crippen MR) is 62.4 cm³/mol. The Labute approximate surface area is 121 Å². The third kappa shape index (κ3) is 7.55. The molecular formula is C8H17LiNO6PS. The van der Waals surface area contributed by atoms with Gasteiger partial charge in [0, 0.05) is 0 Å². The molecule has 0 aliphatic carbocycles. The first-order chi connectivity index (χ1) is 7.79. The summed E-state index contributed by atoms with van der Waals surface area (Å²) in [5, 5.41) is 8.85. The molecule has 0 aromatic heterocycles. The molecule has 1 unspecified atom stereocenters. The van der Waals surface area contributed by atoms with Crippen molar-refractivity contribution >= 4 is 17.7 Å². The first-order valence-electron chi connectivity index (χ1n) is 5.02. The van der Waals surface area contributed by atoms with Gasteiger partial charge in [-0.2, -0.15) is 13.7 Å². The number of rotatable bonds is 8. The molecule has 0 spiro atoms. The van der Waals surface area contributed by atoms with Crippen molar-refractivity contribution in [2.75, 3.05) is 19.0 Å². The zero-order chi connectivity index (χ0) is 13.5. The van der Waals surface area contributed by atoms with Crippen LogP contribution in [0.25, 0.3) is 0 Å². The number of hydrogen-bond donors (Lipinski definition) is 1. The Hall–Kier alpha value is 0.147. The Morgan fingerprint density at radius 2 is 1.83 bits per heavy atom. The van der Waals surface area contributed by atoms with Crippen LogP contribution in [0.4, 0.5) is 0 Å². The predicted octanol–water partition coefficient (Wildman–Crippen LogP) is -1.46. The molecule has 18 heavy (non-hydrogen) atoms. The van der Waals surface area contributed by atoms with Gasteiger partial charge in [0.2, 0.25) is 0 Å². The van der Waals surface area contributed by atoms with E-state index in [1.165, 1.54) is 0 Å². The minimum Gasteiger partial charge on any atom is -1.00 e. The summed E-state index contributed by atoms with van der Waals surface area (Å²) < 4.78 is 51.7. The maximum atomic E-state index is 12.1. The van der Waals surface area contributed by atoms with Crippen LogP contribution >= 0.6 is 7.60 Å². The quantitative estimate of drug-likeness (QED) is 0.330. The van der Waals surface area contributed by atoms with E-state index in [1.807, 2.05) is 0 Å². The van der Waals surface area contributed by atoms with Crippen molar-refractivity contribution in [3.8, 4) is 6.07 Å². The minimum absolute atomic E-state index is 0. The van der Waals surface area contributed by atoms with Crippen molar-refractivity contribution in [3.63, 3.8) is 0 Å². The van der Waals surface area contributed by atoms with Gasteiger partial charge in [-0.05, 0) is 20.3 Å². The van der Waals surface area contributed by atoms with Crippen LogP contribution in [-0.4, -0.2) is 37.6 Å². The monoisotopic (exact) mass is 293 g/mol. The first kappa shape index (κ1) is 20.5. The number of nitrogens with zero attached hydrogens (tertiary/aromatic N) is 1.